The Hall–Kier alpha value is -1.47. The molecule has 0 atom stereocenters. The molecule has 0 saturated heterocycles. The van der Waals surface area contributed by atoms with Crippen molar-refractivity contribution in [3.05, 3.63) is 29.2 Å². The summed E-state index contributed by atoms with van der Waals surface area (Å²) >= 11 is 1.65. The number of nitrogens with zero attached hydrogens (tertiary/aromatic N) is 3. The second-order valence-electron chi connectivity index (χ2n) is 4.83. The summed E-state index contributed by atoms with van der Waals surface area (Å²) in [4.78, 5) is 20.1. The first-order valence-electron chi connectivity index (χ1n) is 6.47. The second kappa shape index (κ2) is 5.38. The van der Waals surface area contributed by atoms with Gasteiger partial charge in [0.05, 0.1) is 17.9 Å². The molecule has 3 heterocycles. The maximum atomic E-state index is 11.7. The van der Waals surface area contributed by atoms with Gasteiger partial charge in [-0.3, -0.25) is 9.79 Å². The molecule has 1 amide bonds. The first-order chi connectivity index (χ1) is 9.75. The zero-order chi connectivity index (χ0) is 13.7. The number of fused-ring (bicyclic) bond motifs is 2. The minimum atomic E-state index is -0.0205. The SMILES string of the molecule is Br.CN1C(=O)COc2c(C3=CSC4=NCCN34)cccc21. The number of amides is 1. The zero-order valence-corrected chi connectivity index (χ0v) is 13.9. The lowest BCUT2D eigenvalue weighted by atomic mass is 10.1. The Bertz CT molecular complexity index is 674. The highest BCUT2D eigenvalue weighted by Gasteiger charge is 2.32. The number of halogens is 1. The fourth-order valence-electron chi connectivity index (χ4n) is 2.64. The topological polar surface area (TPSA) is 45.1 Å². The highest BCUT2D eigenvalue weighted by molar-refractivity contribution is 8.93. The molecule has 0 aromatic heterocycles. The summed E-state index contributed by atoms with van der Waals surface area (Å²) in [5, 5.41) is 3.16. The number of aliphatic imine (C=N–C) groups is 1. The number of hydrogen-bond acceptors (Lipinski definition) is 5. The fourth-order valence-corrected chi connectivity index (χ4v) is 3.59. The third-order valence-electron chi connectivity index (χ3n) is 3.71. The Labute approximate surface area is 137 Å². The molecule has 110 valence electrons. The molecule has 0 aliphatic carbocycles. The van der Waals surface area contributed by atoms with Crippen LogP contribution in [-0.2, 0) is 4.79 Å². The van der Waals surface area contributed by atoms with Crippen molar-refractivity contribution in [2.45, 2.75) is 0 Å². The molecular formula is C14H14BrN3O2S. The van der Waals surface area contributed by atoms with Gasteiger partial charge in [-0.1, -0.05) is 17.8 Å². The van der Waals surface area contributed by atoms with Crippen molar-refractivity contribution in [1.82, 2.24) is 4.90 Å². The van der Waals surface area contributed by atoms with Crippen LogP contribution in [0.15, 0.2) is 28.6 Å². The molecule has 0 radical (unpaired) electrons. The number of carbonyl (C=O) groups excluding carboxylic acids is 1. The van der Waals surface area contributed by atoms with Gasteiger partial charge in [0, 0.05) is 24.6 Å². The lowest BCUT2D eigenvalue weighted by molar-refractivity contribution is -0.120. The van der Waals surface area contributed by atoms with E-state index in [-0.39, 0.29) is 29.5 Å². The van der Waals surface area contributed by atoms with Crippen LogP contribution in [0, 0.1) is 0 Å². The van der Waals surface area contributed by atoms with E-state index >= 15 is 0 Å². The maximum Gasteiger partial charge on any atom is 0.264 e. The quantitative estimate of drug-likeness (QED) is 0.764. The summed E-state index contributed by atoms with van der Waals surface area (Å²) in [7, 11) is 1.79. The molecule has 0 spiro atoms. The van der Waals surface area contributed by atoms with Gasteiger partial charge in [0.2, 0.25) is 0 Å². The van der Waals surface area contributed by atoms with E-state index in [1.807, 2.05) is 18.2 Å². The predicted molar refractivity (Wildman–Crippen MR) is 90.2 cm³/mol. The predicted octanol–water partition coefficient (Wildman–Crippen LogP) is 2.34. The number of ether oxygens (including phenoxy) is 1. The Morgan fingerprint density at radius 3 is 3.10 bits per heavy atom. The van der Waals surface area contributed by atoms with Gasteiger partial charge in [0.15, 0.2) is 17.5 Å². The van der Waals surface area contributed by atoms with Gasteiger partial charge < -0.3 is 14.5 Å². The Morgan fingerprint density at radius 1 is 1.38 bits per heavy atom. The number of carbonyl (C=O) groups is 1. The summed E-state index contributed by atoms with van der Waals surface area (Å²) in [6.45, 7) is 1.85. The first-order valence-corrected chi connectivity index (χ1v) is 7.35. The van der Waals surface area contributed by atoms with Gasteiger partial charge in [-0.25, -0.2) is 0 Å². The molecule has 3 aliphatic rings. The molecule has 0 unspecified atom stereocenters. The van der Waals surface area contributed by atoms with E-state index in [9.17, 15) is 4.79 Å². The van der Waals surface area contributed by atoms with Gasteiger partial charge >= 0.3 is 0 Å². The molecule has 0 fully saturated rings. The van der Waals surface area contributed by atoms with Crippen LogP contribution < -0.4 is 9.64 Å². The highest BCUT2D eigenvalue weighted by atomic mass is 79.9. The van der Waals surface area contributed by atoms with Crippen LogP contribution in [-0.4, -0.2) is 42.7 Å². The van der Waals surface area contributed by atoms with E-state index in [4.69, 9.17) is 4.74 Å². The summed E-state index contributed by atoms with van der Waals surface area (Å²) in [5.74, 6) is 0.766. The van der Waals surface area contributed by atoms with E-state index in [1.165, 1.54) is 0 Å². The number of likely N-dealkylation sites (N-methyl/N-ethyl adjacent to an activating group) is 1. The van der Waals surface area contributed by atoms with Crippen LogP contribution in [0.25, 0.3) is 5.70 Å². The maximum absolute atomic E-state index is 11.7. The van der Waals surface area contributed by atoms with Crippen LogP contribution in [0.3, 0.4) is 0 Å². The van der Waals surface area contributed by atoms with E-state index in [0.717, 1.165) is 41.0 Å². The molecule has 21 heavy (non-hydrogen) atoms. The minimum absolute atomic E-state index is 0. The van der Waals surface area contributed by atoms with Crippen molar-refractivity contribution in [1.29, 1.82) is 0 Å². The first kappa shape index (κ1) is 14.5. The Kier molecular flexibility index (Phi) is 3.71. The number of thioether (sulfide) groups is 1. The van der Waals surface area contributed by atoms with Gasteiger partial charge in [0.25, 0.3) is 5.91 Å². The van der Waals surface area contributed by atoms with Crippen LogP contribution >= 0.6 is 28.7 Å². The highest BCUT2D eigenvalue weighted by Crippen LogP contribution is 2.43. The summed E-state index contributed by atoms with van der Waals surface area (Å²) in [6, 6.07) is 5.91. The average Bonchev–Trinajstić information content (AvgIpc) is 3.05. The number of anilines is 1. The van der Waals surface area contributed by atoms with Gasteiger partial charge in [-0.2, -0.15) is 0 Å². The molecule has 1 aromatic carbocycles. The third-order valence-corrected chi connectivity index (χ3v) is 4.62. The van der Waals surface area contributed by atoms with Crippen molar-refractivity contribution in [3.8, 4) is 5.75 Å². The van der Waals surface area contributed by atoms with E-state index in [2.05, 4.69) is 15.3 Å². The third kappa shape index (κ3) is 2.15. The normalized spacial score (nSPS) is 19.4. The summed E-state index contributed by atoms with van der Waals surface area (Å²) < 4.78 is 5.69. The average molecular weight is 368 g/mol. The minimum Gasteiger partial charge on any atom is -0.481 e. The monoisotopic (exact) mass is 367 g/mol. The number of rotatable bonds is 1. The number of para-hydroxylation sites is 1. The zero-order valence-electron chi connectivity index (χ0n) is 11.4. The lowest BCUT2D eigenvalue weighted by Gasteiger charge is -2.29. The Balaban J connectivity index is 0.00000132. The summed E-state index contributed by atoms with van der Waals surface area (Å²) in [6.07, 6.45) is 0. The van der Waals surface area contributed by atoms with Crippen molar-refractivity contribution in [3.63, 3.8) is 0 Å². The molecule has 3 aliphatic heterocycles. The molecule has 1 aromatic rings. The Morgan fingerprint density at radius 2 is 2.24 bits per heavy atom. The van der Waals surface area contributed by atoms with Gasteiger partial charge in [0.1, 0.15) is 0 Å². The van der Waals surface area contributed by atoms with Crippen LogP contribution in [0.2, 0.25) is 0 Å². The van der Waals surface area contributed by atoms with E-state index < -0.39 is 0 Å². The fraction of sp³-hybridized carbons (Fsp3) is 0.286. The van der Waals surface area contributed by atoms with Crippen LogP contribution in [0.1, 0.15) is 5.56 Å². The molecule has 0 N–H and O–H groups in total. The second-order valence-corrected chi connectivity index (χ2v) is 5.67. The van der Waals surface area contributed by atoms with Crippen molar-refractivity contribution < 1.29 is 9.53 Å². The molecule has 7 heteroatoms. The van der Waals surface area contributed by atoms with Crippen molar-refractivity contribution in [2.24, 2.45) is 4.99 Å². The molecule has 0 saturated carbocycles. The molecule has 5 nitrogen and oxygen atoms in total. The number of hydrogen-bond donors (Lipinski definition) is 0. The lowest BCUT2D eigenvalue weighted by Crippen LogP contribution is -2.36. The summed E-state index contributed by atoms with van der Waals surface area (Å²) in [5.41, 5.74) is 2.97. The largest absolute Gasteiger partial charge is 0.481 e. The standard InChI is InChI=1S/C14H13N3O2S.BrH/c1-16-10-4-2-3-9(13(10)19-7-12(16)18)11-8-20-14-15-5-6-17(11)14;/h2-4,8H,5-7H2,1H3;1H. The van der Waals surface area contributed by atoms with E-state index in [0.29, 0.717) is 0 Å². The van der Waals surface area contributed by atoms with Crippen LogP contribution in [0.5, 0.6) is 5.75 Å². The van der Waals surface area contributed by atoms with Crippen molar-refractivity contribution in [2.75, 3.05) is 31.6 Å². The van der Waals surface area contributed by atoms with Crippen LogP contribution in [0.4, 0.5) is 5.69 Å². The van der Waals surface area contributed by atoms with Gasteiger partial charge in [-0.05, 0) is 12.1 Å². The van der Waals surface area contributed by atoms with Gasteiger partial charge in [-0.15, -0.1) is 17.0 Å². The van der Waals surface area contributed by atoms with E-state index in [1.54, 1.807) is 23.7 Å². The van der Waals surface area contributed by atoms with Crippen molar-refractivity contribution >= 4 is 51.2 Å². The number of amidine groups is 1. The smallest absolute Gasteiger partial charge is 0.264 e. The molecular weight excluding hydrogens is 354 g/mol. The number of benzene rings is 1. The molecule has 4 rings (SSSR count). The molecule has 0 bridgehead atoms.